The van der Waals surface area contributed by atoms with E-state index in [0.29, 0.717) is 0 Å². The van der Waals surface area contributed by atoms with Crippen LogP contribution >= 0.6 is 0 Å². The van der Waals surface area contributed by atoms with Crippen LogP contribution in [0.1, 0.15) is 18.4 Å². The Morgan fingerprint density at radius 3 is 3.15 bits per heavy atom. The van der Waals surface area contributed by atoms with E-state index in [-0.39, 0.29) is 0 Å². The largest absolute Gasteiger partial charge is 0.443 e. The highest BCUT2D eigenvalue weighted by Crippen LogP contribution is 2.18. The first kappa shape index (κ1) is 8.30. The molecule has 0 unspecified atom stereocenters. The average Bonchev–Trinajstić information content (AvgIpc) is 2.62. The molecule has 2 nitrogen and oxygen atoms in total. The molecule has 13 heavy (non-hydrogen) atoms. The number of benzene rings is 1. The number of aryl methyl sites for hydroxylation is 1. The molecule has 0 fully saturated rings. The van der Waals surface area contributed by atoms with Gasteiger partial charge in [0, 0.05) is 0 Å². The molecule has 0 aliphatic carbocycles. The molecule has 1 aromatic carbocycles. The number of hydrogen-bond acceptors (Lipinski definition) is 2. The van der Waals surface area contributed by atoms with Crippen molar-refractivity contribution in [3.63, 3.8) is 0 Å². The molecule has 2 rings (SSSR count). The molecule has 1 radical (unpaired) electrons. The predicted molar refractivity (Wildman–Crippen MR) is 52.3 cm³/mol. The maximum Gasteiger partial charge on any atom is 0.181 e. The second kappa shape index (κ2) is 3.60. The lowest BCUT2D eigenvalue weighted by Crippen LogP contribution is -1.84. The Kier molecular flexibility index (Phi) is 2.30. The van der Waals surface area contributed by atoms with Gasteiger partial charge in [-0.3, -0.25) is 0 Å². The van der Waals surface area contributed by atoms with Crippen molar-refractivity contribution in [3.05, 3.63) is 37.1 Å². The molecular formula is C11H12NO. The Balaban J connectivity index is 2.37. The molecule has 1 aromatic heterocycles. The van der Waals surface area contributed by atoms with Crippen LogP contribution in [0.5, 0.6) is 0 Å². The van der Waals surface area contributed by atoms with Gasteiger partial charge in [0.15, 0.2) is 12.0 Å². The lowest BCUT2D eigenvalue weighted by molar-refractivity contribution is 0.596. The third-order valence-corrected chi connectivity index (χ3v) is 2.13. The van der Waals surface area contributed by atoms with E-state index < -0.39 is 0 Å². The van der Waals surface area contributed by atoms with E-state index in [4.69, 9.17) is 4.42 Å². The molecule has 2 heteroatoms. The first-order valence-corrected chi connectivity index (χ1v) is 4.52. The number of oxazole rings is 1. The maximum atomic E-state index is 5.31. The number of nitrogens with zero attached hydrogens (tertiary/aromatic N) is 1. The van der Waals surface area contributed by atoms with Crippen LogP contribution in [0.3, 0.4) is 0 Å². The van der Waals surface area contributed by atoms with Gasteiger partial charge in [0.05, 0.1) is 0 Å². The number of hydrogen-bond donors (Lipinski definition) is 0. The van der Waals surface area contributed by atoms with Gasteiger partial charge in [-0.2, -0.15) is 0 Å². The summed E-state index contributed by atoms with van der Waals surface area (Å²) in [4.78, 5) is 4.11. The minimum absolute atomic E-state index is 0.927. The van der Waals surface area contributed by atoms with Crippen LogP contribution in [0.2, 0.25) is 0 Å². The van der Waals surface area contributed by atoms with Crippen molar-refractivity contribution in [2.24, 2.45) is 0 Å². The molecule has 1 heterocycles. The molecule has 0 N–H and O–H groups in total. The van der Waals surface area contributed by atoms with Gasteiger partial charge >= 0.3 is 0 Å². The summed E-state index contributed by atoms with van der Waals surface area (Å²) >= 11 is 0. The molecule has 0 aliphatic rings. The lowest BCUT2D eigenvalue weighted by Gasteiger charge is -1.98. The molecule has 0 spiro atoms. The molecule has 0 amide bonds. The minimum atomic E-state index is 0.927. The monoisotopic (exact) mass is 174 g/mol. The van der Waals surface area contributed by atoms with E-state index in [2.05, 4.69) is 18.0 Å². The Hall–Kier alpha value is -1.31. The topological polar surface area (TPSA) is 26.0 Å². The van der Waals surface area contributed by atoms with Gasteiger partial charge < -0.3 is 4.42 Å². The number of fused-ring (bicyclic) bond motifs is 1. The van der Waals surface area contributed by atoms with E-state index in [1.165, 1.54) is 12.0 Å². The van der Waals surface area contributed by atoms with E-state index in [1.54, 1.807) is 0 Å². The van der Waals surface area contributed by atoms with E-state index in [9.17, 15) is 0 Å². The van der Waals surface area contributed by atoms with Gasteiger partial charge in [0.25, 0.3) is 0 Å². The number of unbranched alkanes of at least 4 members (excludes halogenated alkanes) is 1. The second-order valence-electron chi connectivity index (χ2n) is 3.07. The minimum Gasteiger partial charge on any atom is -0.443 e. The van der Waals surface area contributed by atoms with Crippen LogP contribution in [0.4, 0.5) is 0 Å². The summed E-state index contributed by atoms with van der Waals surface area (Å²) in [6, 6.07) is 6.07. The standard InChI is InChI=1S/C11H12NO/c1-2-3-5-9-6-4-7-10-11(9)13-8-12-10/h4,6-8H,1-3,5H2. The lowest BCUT2D eigenvalue weighted by atomic mass is 10.1. The summed E-state index contributed by atoms with van der Waals surface area (Å²) in [5.41, 5.74) is 3.11. The fourth-order valence-electron chi connectivity index (χ4n) is 1.46. The van der Waals surface area contributed by atoms with Crippen molar-refractivity contribution in [1.29, 1.82) is 0 Å². The molecular weight excluding hydrogens is 162 g/mol. The summed E-state index contributed by atoms with van der Waals surface area (Å²) in [7, 11) is 0. The highest BCUT2D eigenvalue weighted by molar-refractivity contribution is 5.75. The SMILES string of the molecule is [CH2]CCCc1cccc2ncoc12. The zero-order chi connectivity index (χ0) is 9.10. The molecule has 0 atom stereocenters. The van der Waals surface area contributed by atoms with Crippen molar-refractivity contribution in [3.8, 4) is 0 Å². The summed E-state index contributed by atoms with van der Waals surface area (Å²) in [5, 5.41) is 0. The average molecular weight is 174 g/mol. The molecule has 0 saturated heterocycles. The van der Waals surface area contributed by atoms with Crippen molar-refractivity contribution >= 4 is 11.1 Å². The van der Waals surface area contributed by atoms with Crippen LogP contribution < -0.4 is 0 Å². The predicted octanol–water partition coefficient (Wildman–Crippen LogP) is 2.98. The Bertz CT molecular complexity index is 392. The van der Waals surface area contributed by atoms with E-state index >= 15 is 0 Å². The van der Waals surface area contributed by atoms with Crippen LogP contribution in [0.25, 0.3) is 11.1 Å². The van der Waals surface area contributed by atoms with Crippen molar-refractivity contribution in [2.45, 2.75) is 19.3 Å². The van der Waals surface area contributed by atoms with Crippen molar-refractivity contribution < 1.29 is 4.42 Å². The summed E-state index contributed by atoms with van der Waals surface area (Å²) in [5.74, 6) is 0. The normalized spacial score (nSPS) is 10.8. The van der Waals surface area contributed by atoms with E-state index in [0.717, 1.165) is 30.4 Å². The molecule has 67 valence electrons. The second-order valence-corrected chi connectivity index (χ2v) is 3.07. The van der Waals surface area contributed by atoms with Crippen molar-refractivity contribution in [2.75, 3.05) is 0 Å². The molecule has 0 bridgehead atoms. The van der Waals surface area contributed by atoms with Crippen LogP contribution in [0, 0.1) is 6.92 Å². The molecule has 0 saturated carbocycles. The number of aromatic nitrogens is 1. The highest BCUT2D eigenvalue weighted by Gasteiger charge is 2.03. The third kappa shape index (κ3) is 1.57. The Labute approximate surface area is 77.6 Å². The van der Waals surface area contributed by atoms with Crippen LogP contribution in [-0.2, 0) is 6.42 Å². The number of para-hydroxylation sites is 1. The fraction of sp³-hybridized carbons (Fsp3) is 0.273. The first-order valence-electron chi connectivity index (χ1n) is 4.52. The smallest absolute Gasteiger partial charge is 0.181 e. The Morgan fingerprint density at radius 1 is 1.38 bits per heavy atom. The van der Waals surface area contributed by atoms with Gasteiger partial charge in [-0.15, -0.1) is 0 Å². The van der Waals surface area contributed by atoms with Crippen LogP contribution in [0.15, 0.2) is 29.0 Å². The molecule has 2 aromatic rings. The van der Waals surface area contributed by atoms with Crippen molar-refractivity contribution in [1.82, 2.24) is 4.98 Å². The number of rotatable bonds is 3. The quantitative estimate of drug-likeness (QED) is 0.715. The maximum absolute atomic E-state index is 5.31. The third-order valence-electron chi connectivity index (χ3n) is 2.13. The van der Waals surface area contributed by atoms with Gasteiger partial charge in [0.1, 0.15) is 5.52 Å². The summed E-state index contributed by atoms with van der Waals surface area (Å²) < 4.78 is 5.31. The van der Waals surface area contributed by atoms with Gasteiger partial charge in [-0.05, 0) is 24.5 Å². The summed E-state index contributed by atoms with van der Waals surface area (Å²) in [6.45, 7) is 3.82. The van der Waals surface area contributed by atoms with Gasteiger partial charge in [0.2, 0.25) is 0 Å². The fourth-order valence-corrected chi connectivity index (χ4v) is 1.46. The van der Waals surface area contributed by atoms with Gasteiger partial charge in [-0.25, -0.2) is 4.98 Å². The first-order chi connectivity index (χ1) is 6.42. The molecule has 0 aliphatic heterocycles. The van der Waals surface area contributed by atoms with Gasteiger partial charge in [-0.1, -0.05) is 25.5 Å². The Morgan fingerprint density at radius 2 is 2.31 bits per heavy atom. The zero-order valence-corrected chi connectivity index (χ0v) is 7.49. The highest BCUT2D eigenvalue weighted by atomic mass is 16.3. The summed E-state index contributed by atoms with van der Waals surface area (Å²) in [6.07, 6.45) is 4.58. The van der Waals surface area contributed by atoms with E-state index in [1.807, 2.05) is 12.1 Å². The van der Waals surface area contributed by atoms with Crippen LogP contribution in [-0.4, -0.2) is 4.98 Å². The zero-order valence-electron chi connectivity index (χ0n) is 7.49.